The van der Waals surface area contributed by atoms with Crippen LogP contribution in [0.25, 0.3) is 0 Å². The van der Waals surface area contributed by atoms with Gasteiger partial charge in [-0.25, -0.2) is 0 Å². The van der Waals surface area contributed by atoms with Gasteiger partial charge in [-0.05, 0) is 26.7 Å². The summed E-state index contributed by atoms with van der Waals surface area (Å²) in [6, 6.07) is -0.376. The van der Waals surface area contributed by atoms with Crippen molar-refractivity contribution in [2.45, 2.75) is 38.8 Å². The zero-order valence-corrected chi connectivity index (χ0v) is 9.03. The summed E-state index contributed by atoms with van der Waals surface area (Å²) >= 11 is 0. The maximum Gasteiger partial charge on any atom is 0.308 e. The van der Waals surface area contributed by atoms with Crippen molar-refractivity contribution in [2.24, 2.45) is 5.92 Å². The number of amides is 1. The molecule has 0 aliphatic carbocycles. The third kappa shape index (κ3) is 3.20. The maximum absolute atomic E-state index is 11.6. The second-order valence-electron chi connectivity index (χ2n) is 3.93. The molecule has 3 atom stereocenters. The molecule has 1 rings (SSSR count). The number of carbonyl (C=O) groups is 2. The lowest BCUT2D eigenvalue weighted by molar-refractivity contribution is -0.142. The van der Waals surface area contributed by atoms with E-state index in [2.05, 4.69) is 5.32 Å². The minimum atomic E-state index is -0.907. The fraction of sp³-hybridized carbons (Fsp3) is 0.800. The fourth-order valence-electron chi connectivity index (χ4n) is 1.44. The molecule has 1 fully saturated rings. The fourth-order valence-corrected chi connectivity index (χ4v) is 1.44. The minimum Gasteiger partial charge on any atom is -0.481 e. The number of carboxylic acid groups (broad SMARTS) is 1. The third-order valence-electron chi connectivity index (χ3n) is 2.73. The summed E-state index contributed by atoms with van der Waals surface area (Å²) < 4.78 is 5.20. The number of nitrogens with one attached hydrogen (secondary N) is 1. The van der Waals surface area contributed by atoms with Crippen LogP contribution in [0, 0.1) is 5.92 Å². The molecule has 5 nitrogen and oxygen atoms in total. The van der Waals surface area contributed by atoms with E-state index in [1.165, 1.54) is 0 Å². The van der Waals surface area contributed by atoms with Gasteiger partial charge in [0.15, 0.2) is 0 Å². The lowest BCUT2D eigenvalue weighted by Crippen LogP contribution is -2.44. The van der Waals surface area contributed by atoms with Crippen LogP contribution in [0.5, 0.6) is 0 Å². The molecule has 2 unspecified atom stereocenters. The van der Waals surface area contributed by atoms with Gasteiger partial charge in [0.2, 0.25) is 5.91 Å². The summed E-state index contributed by atoms with van der Waals surface area (Å²) in [5, 5.41) is 11.4. The van der Waals surface area contributed by atoms with Crippen molar-refractivity contribution in [1.29, 1.82) is 0 Å². The molecule has 1 heterocycles. The van der Waals surface area contributed by atoms with Crippen LogP contribution in [0.4, 0.5) is 0 Å². The SMILES string of the molecule is CC(NC(=O)[C@H]1CCCO1)C(C)C(=O)O. The van der Waals surface area contributed by atoms with E-state index in [0.717, 1.165) is 12.8 Å². The molecule has 2 N–H and O–H groups in total. The molecule has 0 spiro atoms. The first-order valence-corrected chi connectivity index (χ1v) is 5.17. The first-order valence-electron chi connectivity index (χ1n) is 5.17. The molecule has 1 aliphatic heterocycles. The Morgan fingerprint density at radius 2 is 2.13 bits per heavy atom. The smallest absolute Gasteiger partial charge is 0.308 e. The van der Waals surface area contributed by atoms with Gasteiger partial charge in [-0.3, -0.25) is 9.59 Å². The van der Waals surface area contributed by atoms with E-state index in [0.29, 0.717) is 6.61 Å². The third-order valence-corrected chi connectivity index (χ3v) is 2.73. The molecule has 86 valence electrons. The van der Waals surface area contributed by atoms with E-state index in [-0.39, 0.29) is 11.9 Å². The highest BCUT2D eigenvalue weighted by atomic mass is 16.5. The van der Waals surface area contributed by atoms with Gasteiger partial charge in [0, 0.05) is 12.6 Å². The van der Waals surface area contributed by atoms with E-state index in [4.69, 9.17) is 9.84 Å². The Labute approximate surface area is 88.8 Å². The highest BCUT2D eigenvalue weighted by molar-refractivity contribution is 5.82. The van der Waals surface area contributed by atoms with E-state index in [1.54, 1.807) is 13.8 Å². The zero-order valence-electron chi connectivity index (χ0n) is 9.03. The van der Waals surface area contributed by atoms with Crippen LogP contribution in [0.15, 0.2) is 0 Å². The number of hydrogen-bond donors (Lipinski definition) is 2. The molecule has 5 heteroatoms. The lowest BCUT2D eigenvalue weighted by Gasteiger charge is -2.19. The van der Waals surface area contributed by atoms with Crippen molar-refractivity contribution < 1.29 is 19.4 Å². The number of carboxylic acids is 1. The molecule has 0 aromatic rings. The highest BCUT2D eigenvalue weighted by Gasteiger charge is 2.27. The van der Waals surface area contributed by atoms with Crippen LogP contribution in [0.1, 0.15) is 26.7 Å². The number of carbonyl (C=O) groups excluding carboxylic acids is 1. The Balaban J connectivity index is 2.39. The quantitative estimate of drug-likeness (QED) is 0.711. The van der Waals surface area contributed by atoms with Crippen molar-refractivity contribution in [3.63, 3.8) is 0 Å². The second-order valence-corrected chi connectivity index (χ2v) is 3.93. The lowest BCUT2D eigenvalue weighted by atomic mass is 10.0. The van der Waals surface area contributed by atoms with Crippen LogP contribution in [-0.2, 0) is 14.3 Å². The number of aliphatic carboxylic acids is 1. The highest BCUT2D eigenvalue weighted by Crippen LogP contribution is 2.12. The molecule has 1 amide bonds. The normalized spacial score (nSPS) is 24.5. The Kier molecular flexibility index (Phi) is 4.08. The molecule has 1 aliphatic rings. The average Bonchev–Trinajstić information content (AvgIpc) is 2.68. The Hall–Kier alpha value is -1.10. The Morgan fingerprint density at radius 1 is 1.47 bits per heavy atom. The van der Waals surface area contributed by atoms with Crippen molar-refractivity contribution >= 4 is 11.9 Å². The summed E-state index contributed by atoms with van der Waals surface area (Å²) in [7, 11) is 0. The molecule has 0 aromatic carbocycles. The van der Waals surface area contributed by atoms with Crippen molar-refractivity contribution in [3.05, 3.63) is 0 Å². The second kappa shape index (κ2) is 5.11. The van der Waals surface area contributed by atoms with Gasteiger partial charge in [0.1, 0.15) is 6.10 Å². The maximum atomic E-state index is 11.6. The molecule has 0 aromatic heterocycles. The van der Waals surface area contributed by atoms with Crippen LogP contribution in [-0.4, -0.2) is 35.7 Å². The summed E-state index contributed by atoms with van der Waals surface area (Å²) in [4.78, 5) is 22.2. The van der Waals surface area contributed by atoms with Gasteiger partial charge in [-0.2, -0.15) is 0 Å². The van der Waals surface area contributed by atoms with Crippen LogP contribution >= 0.6 is 0 Å². The molecule has 1 saturated heterocycles. The molecule has 0 radical (unpaired) electrons. The van der Waals surface area contributed by atoms with E-state index in [1.807, 2.05) is 0 Å². The molecular formula is C10H17NO4. The Morgan fingerprint density at radius 3 is 2.60 bits per heavy atom. The van der Waals surface area contributed by atoms with Crippen molar-refractivity contribution in [3.8, 4) is 0 Å². The molecular weight excluding hydrogens is 198 g/mol. The van der Waals surface area contributed by atoms with Crippen LogP contribution in [0.2, 0.25) is 0 Å². The largest absolute Gasteiger partial charge is 0.481 e. The van der Waals surface area contributed by atoms with E-state index in [9.17, 15) is 9.59 Å². The number of hydrogen-bond acceptors (Lipinski definition) is 3. The standard InChI is InChI=1S/C10H17NO4/c1-6(10(13)14)7(2)11-9(12)8-4-3-5-15-8/h6-8H,3-5H2,1-2H3,(H,11,12)(H,13,14)/t6?,7?,8-/m1/s1. The summed E-state index contributed by atoms with van der Waals surface area (Å²) in [5.74, 6) is -1.70. The predicted molar refractivity (Wildman–Crippen MR) is 53.4 cm³/mol. The first kappa shape index (κ1) is 12.0. The molecule has 0 saturated carbocycles. The van der Waals surface area contributed by atoms with E-state index >= 15 is 0 Å². The van der Waals surface area contributed by atoms with Gasteiger partial charge in [0.25, 0.3) is 0 Å². The monoisotopic (exact) mass is 215 g/mol. The van der Waals surface area contributed by atoms with Crippen molar-refractivity contribution in [1.82, 2.24) is 5.32 Å². The summed E-state index contributed by atoms with van der Waals surface area (Å²) in [5.41, 5.74) is 0. The van der Waals surface area contributed by atoms with Crippen LogP contribution < -0.4 is 5.32 Å². The number of ether oxygens (including phenoxy) is 1. The van der Waals surface area contributed by atoms with Gasteiger partial charge < -0.3 is 15.2 Å². The van der Waals surface area contributed by atoms with Gasteiger partial charge >= 0.3 is 5.97 Å². The zero-order chi connectivity index (χ0) is 11.4. The van der Waals surface area contributed by atoms with Gasteiger partial charge in [-0.1, -0.05) is 0 Å². The Bertz CT molecular complexity index is 248. The molecule has 0 bridgehead atoms. The minimum absolute atomic E-state index is 0.201. The summed E-state index contributed by atoms with van der Waals surface area (Å²) in [6.45, 7) is 3.87. The molecule has 15 heavy (non-hydrogen) atoms. The predicted octanol–water partition coefficient (Wildman–Crippen LogP) is 0.391. The average molecular weight is 215 g/mol. The van der Waals surface area contributed by atoms with Gasteiger partial charge in [0.05, 0.1) is 5.92 Å². The summed E-state index contributed by atoms with van der Waals surface area (Å²) in [6.07, 6.45) is 1.22. The van der Waals surface area contributed by atoms with Gasteiger partial charge in [-0.15, -0.1) is 0 Å². The topological polar surface area (TPSA) is 75.6 Å². The first-order chi connectivity index (χ1) is 7.02. The number of rotatable bonds is 4. The van der Waals surface area contributed by atoms with Crippen LogP contribution in [0.3, 0.4) is 0 Å². The van der Waals surface area contributed by atoms with E-state index < -0.39 is 18.0 Å². The van der Waals surface area contributed by atoms with Crippen molar-refractivity contribution in [2.75, 3.05) is 6.61 Å².